The second-order valence-corrected chi connectivity index (χ2v) is 7.72. The highest BCUT2D eigenvalue weighted by Gasteiger charge is 2.26. The average Bonchev–Trinajstić information content (AvgIpc) is 3.21. The first kappa shape index (κ1) is 21.3. The van der Waals surface area contributed by atoms with Crippen LogP contribution in [-0.2, 0) is 4.79 Å². The van der Waals surface area contributed by atoms with E-state index in [4.69, 9.17) is 0 Å². The maximum Gasteiger partial charge on any atom is 0.236 e. The number of carbonyl (C=O) groups is 1. The molecule has 0 bridgehead atoms. The van der Waals surface area contributed by atoms with Gasteiger partial charge in [-0.3, -0.25) is 14.7 Å². The van der Waals surface area contributed by atoms with Crippen LogP contribution in [0.2, 0.25) is 0 Å². The number of rotatable bonds is 7. The summed E-state index contributed by atoms with van der Waals surface area (Å²) in [6, 6.07) is 9.03. The van der Waals surface area contributed by atoms with Crippen molar-refractivity contribution in [3.63, 3.8) is 0 Å². The Morgan fingerprint density at radius 1 is 1.21 bits per heavy atom. The maximum absolute atomic E-state index is 12.6. The van der Waals surface area contributed by atoms with Gasteiger partial charge in [0.2, 0.25) is 5.91 Å². The van der Waals surface area contributed by atoms with E-state index in [0.29, 0.717) is 12.6 Å². The van der Waals surface area contributed by atoms with Crippen LogP contribution in [0.15, 0.2) is 54.2 Å². The highest BCUT2D eigenvalue weighted by Crippen LogP contribution is 2.18. The van der Waals surface area contributed by atoms with Crippen molar-refractivity contribution in [1.29, 1.82) is 0 Å². The number of aliphatic imine (C=N–C) groups is 1. The highest BCUT2D eigenvalue weighted by atomic mass is 16.2. The molecule has 2 heterocycles. The van der Waals surface area contributed by atoms with E-state index in [1.54, 1.807) is 12.3 Å². The number of allylic oxidation sites excluding steroid dienone is 2. The highest BCUT2D eigenvalue weighted by molar-refractivity contribution is 5.99. The molecule has 1 amide bonds. The van der Waals surface area contributed by atoms with Crippen LogP contribution in [-0.4, -0.2) is 80.3 Å². The van der Waals surface area contributed by atoms with Crippen LogP contribution in [0.4, 0.5) is 5.69 Å². The van der Waals surface area contributed by atoms with Gasteiger partial charge in [-0.1, -0.05) is 24.8 Å². The van der Waals surface area contributed by atoms with Gasteiger partial charge in [0, 0.05) is 62.9 Å². The molecule has 2 aliphatic heterocycles. The minimum atomic E-state index is 0.260. The lowest BCUT2D eigenvalue weighted by Crippen LogP contribution is -2.51. The van der Waals surface area contributed by atoms with Crippen molar-refractivity contribution in [2.75, 3.05) is 57.8 Å². The van der Waals surface area contributed by atoms with Crippen LogP contribution in [0, 0.1) is 0 Å². The van der Waals surface area contributed by atoms with Crippen molar-refractivity contribution in [2.24, 2.45) is 4.99 Å². The molecule has 1 aromatic rings. The smallest absolute Gasteiger partial charge is 0.236 e. The Bertz CT molecular complexity index is 747. The Morgan fingerprint density at radius 3 is 2.55 bits per heavy atom. The largest absolute Gasteiger partial charge is 0.368 e. The number of nitrogens with one attached hydrogen (secondary N) is 1. The summed E-state index contributed by atoms with van der Waals surface area (Å²) in [7, 11) is 2.00. The van der Waals surface area contributed by atoms with Crippen LogP contribution in [0.5, 0.6) is 0 Å². The minimum Gasteiger partial charge on any atom is -0.368 e. The number of hydrogen-bond acceptors (Lipinski definition) is 5. The van der Waals surface area contributed by atoms with Crippen LogP contribution in [0.1, 0.15) is 18.9 Å². The first-order chi connectivity index (χ1) is 14.1. The molecule has 0 spiro atoms. The normalized spacial score (nSPS) is 21.2. The van der Waals surface area contributed by atoms with Crippen molar-refractivity contribution < 1.29 is 4.79 Å². The van der Waals surface area contributed by atoms with Crippen molar-refractivity contribution in [1.82, 2.24) is 15.1 Å². The van der Waals surface area contributed by atoms with Gasteiger partial charge in [-0.05, 0) is 44.2 Å². The molecule has 1 N–H and O–H groups in total. The van der Waals surface area contributed by atoms with Gasteiger partial charge in [0.15, 0.2) is 0 Å². The molecule has 0 aromatic heterocycles. The zero-order valence-electron chi connectivity index (χ0n) is 17.7. The second-order valence-electron chi connectivity index (χ2n) is 7.72. The van der Waals surface area contributed by atoms with Gasteiger partial charge < -0.3 is 15.1 Å². The van der Waals surface area contributed by atoms with Crippen molar-refractivity contribution in [3.05, 3.63) is 54.8 Å². The molecule has 6 heteroatoms. The molecule has 29 heavy (non-hydrogen) atoms. The van der Waals surface area contributed by atoms with E-state index < -0.39 is 0 Å². The zero-order valence-corrected chi connectivity index (χ0v) is 17.7. The van der Waals surface area contributed by atoms with E-state index in [9.17, 15) is 4.79 Å². The fourth-order valence-electron chi connectivity index (χ4n) is 3.92. The first-order valence-electron chi connectivity index (χ1n) is 10.5. The molecule has 2 saturated heterocycles. The lowest BCUT2D eigenvalue weighted by molar-refractivity contribution is -0.132. The molecule has 2 aliphatic rings. The Balaban J connectivity index is 1.49. The quantitative estimate of drug-likeness (QED) is 0.568. The summed E-state index contributed by atoms with van der Waals surface area (Å²) >= 11 is 0. The predicted octanol–water partition coefficient (Wildman–Crippen LogP) is 2.14. The number of likely N-dealkylation sites (N-methyl/N-ethyl adjacent to an activating group) is 1. The summed E-state index contributed by atoms with van der Waals surface area (Å²) in [5.74, 6) is 0.260. The third kappa shape index (κ3) is 5.78. The first-order valence-corrected chi connectivity index (χ1v) is 10.5. The molecule has 3 rings (SSSR count). The standard InChI is InChI=1S/C23H33N5O/c1-4-5-11-25-19(2)20-6-8-22(9-7-20)27-13-15-28(16-14-27)23(29)18-26-12-10-21(17-26)24-3/h4-9,11,21,24H,1,10,12-18H2,2-3H3/b11-5-,25-19+. The van der Waals surface area contributed by atoms with E-state index in [1.807, 2.05) is 24.9 Å². The van der Waals surface area contributed by atoms with E-state index in [1.165, 1.54) is 5.69 Å². The van der Waals surface area contributed by atoms with Gasteiger partial charge in [0.1, 0.15) is 0 Å². The molecule has 1 unspecified atom stereocenters. The average molecular weight is 396 g/mol. The molecular weight excluding hydrogens is 362 g/mol. The molecule has 0 saturated carbocycles. The number of likely N-dealkylation sites (tertiary alicyclic amines) is 1. The lowest BCUT2D eigenvalue weighted by Gasteiger charge is -2.36. The summed E-state index contributed by atoms with van der Waals surface area (Å²) < 4.78 is 0. The third-order valence-electron chi connectivity index (χ3n) is 5.81. The Hall–Kier alpha value is -2.44. The third-order valence-corrected chi connectivity index (χ3v) is 5.81. The molecule has 156 valence electrons. The van der Waals surface area contributed by atoms with Gasteiger partial charge in [-0.15, -0.1) is 0 Å². The summed E-state index contributed by atoms with van der Waals surface area (Å²) in [6.07, 6.45) is 6.42. The van der Waals surface area contributed by atoms with Crippen LogP contribution in [0.25, 0.3) is 0 Å². The van der Waals surface area contributed by atoms with E-state index in [2.05, 4.69) is 51.0 Å². The van der Waals surface area contributed by atoms with Crippen LogP contribution in [0.3, 0.4) is 0 Å². The molecule has 6 nitrogen and oxygen atoms in total. The lowest BCUT2D eigenvalue weighted by atomic mass is 10.1. The SMILES string of the molecule is C=C/C=C\N=C(/C)c1ccc(N2CCN(C(=O)CN3CCC(NC)C3)CC2)cc1. The summed E-state index contributed by atoms with van der Waals surface area (Å²) in [4.78, 5) is 23.7. The zero-order chi connectivity index (χ0) is 20.6. The van der Waals surface area contributed by atoms with Gasteiger partial charge in [-0.25, -0.2) is 0 Å². The molecule has 2 fully saturated rings. The fourth-order valence-corrected chi connectivity index (χ4v) is 3.92. The van der Waals surface area contributed by atoms with Crippen LogP contribution >= 0.6 is 0 Å². The topological polar surface area (TPSA) is 51.2 Å². The van der Waals surface area contributed by atoms with Gasteiger partial charge >= 0.3 is 0 Å². The van der Waals surface area contributed by atoms with Gasteiger partial charge in [-0.2, -0.15) is 0 Å². The Morgan fingerprint density at radius 2 is 1.93 bits per heavy atom. The molecule has 0 radical (unpaired) electrons. The van der Waals surface area contributed by atoms with Crippen molar-refractivity contribution in [3.8, 4) is 0 Å². The number of piperazine rings is 1. The number of hydrogen-bond donors (Lipinski definition) is 1. The van der Waals surface area contributed by atoms with E-state index in [0.717, 1.165) is 57.0 Å². The van der Waals surface area contributed by atoms with Crippen molar-refractivity contribution in [2.45, 2.75) is 19.4 Å². The summed E-state index contributed by atoms with van der Waals surface area (Å²) in [5.41, 5.74) is 3.29. The minimum absolute atomic E-state index is 0.260. The predicted molar refractivity (Wildman–Crippen MR) is 121 cm³/mol. The summed E-state index contributed by atoms with van der Waals surface area (Å²) in [5, 5.41) is 3.31. The molecular formula is C23H33N5O. The monoisotopic (exact) mass is 395 g/mol. The summed E-state index contributed by atoms with van der Waals surface area (Å²) in [6.45, 7) is 11.5. The van der Waals surface area contributed by atoms with E-state index in [-0.39, 0.29) is 5.91 Å². The van der Waals surface area contributed by atoms with Crippen molar-refractivity contribution >= 4 is 17.3 Å². The van der Waals surface area contributed by atoms with Gasteiger partial charge in [0.25, 0.3) is 0 Å². The Labute approximate surface area is 174 Å². The number of anilines is 1. The number of carbonyl (C=O) groups excluding carboxylic acids is 1. The van der Waals surface area contributed by atoms with Crippen LogP contribution < -0.4 is 10.2 Å². The second kappa shape index (κ2) is 10.4. The van der Waals surface area contributed by atoms with Gasteiger partial charge in [0.05, 0.1) is 6.54 Å². The number of amides is 1. The number of nitrogens with zero attached hydrogens (tertiary/aromatic N) is 4. The van der Waals surface area contributed by atoms with E-state index >= 15 is 0 Å². The Kier molecular flexibility index (Phi) is 7.61. The molecule has 1 atom stereocenters. The number of benzene rings is 1. The fraction of sp³-hybridized carbons (Fsp3) is 0.478. The molecule has 1 aromatic carbocycles. The molecule has 0 aliphatic carbocycles. The maximum atomic E-state index is 12.6.